The molecule has 2 saturated carbocycles. The van der Waals surface area contributed by atoms with E-state index < -0.39 is 12.2 Å². The average Bonchev–Trinajstić information content (AvgIpc) is 3.53. The summed E-state index contributed by atoms with van der Waals surface area (Å²) in [7, 11) is 0. The predicted molar refractivity (Wildman–Crippen MR) is 110 cm³/mol. The summed E-state index contributed by atoms with van der Waals surface area (Å²) in [6.45, 7) is 1.47. The highest BCUT2D eigenvalue weighted by Gasteiger charge is 2.47. The van der Waals surface area contributed by atoms with Gasteiger partial charge in [0.2, 0.25) is 0 Å². The Labute approximate surface area is 166 Å². The van der Waals surface area contributed by atoms with Gasteiger partial charge in [-0.3, -0.25) is 0 Å². The van der Waals surface area contributed by atoms with Crippen LogP contribution >= 0.6 is 23.5 Å². The molecular formula is C19H34N2O3S2. The minimum Gasteiger partial charge on any atom is -0.388 e. The summed E-state index contributed by atoms with van der Waals surface area (Å²) in [6, 6.07) is -0.491. The van der Waals surface area contributed by atoms with E-state index in [1.807, 2.05) is 22.3 Å². The molecule has 0 aromatic rings. The number of nitrogens with zero attached hydrogens (tertiary/aromatic N) is 2. The molecule has 3 rings (SSSR count). The Morgan fingerprint density at radius 2 is 1.23 bits per heavy atom. The van der Waals surface area contributed by atoms with Crippen LogP contribution in [0.15, 0.2) is 0 Å². The first-order valence-corrected chi connectivity index (χ1v) is 12.8. The first-order valence-electron chi connectivity index (χ1n) is 9.98. The molecule has 3 aliphatic rings. The SMILES string of the molecule is CSCC[C@@H]1[C@H](O)[C@@H](O)[C@@H](CCSC)N(CC2CC2)C(=O)N1CC1CC1. The monoisotopic (exact) mass is 402 g/mol. The quantitative estimate of drug-likeness (QED) is 0.588. The average molecular weight is 403 g/mol. The van der Waals surface area contributed by atoms with Crippen molar-refractivity contribution in [1.82, 2.24) is 9.80 Å². The second-order valence-electron chi connectivity index (χ2n) is 8.15. The van der Waals surface area contributed by atoms with Crippen molar-refractivity contribution < 1.29 is 15.0 Å². The van der Waals surface area contributed by atoms with Crippen LogP contribution in [0.25, 0.3) is 0 Å². The van der Waals surface area contributed by atoms with Crippen molar-refractivity contribution in [2.45, 2.75) is 62.8 Å². The van der Waals surface area contributed by atoms with Crippen molar-refractivity contribution in [2.24, 2.45) is 11.8 Å². The fourth-order valence-corrected chi connectivity index (χ4v) is 4.94. The van der Waals surface area contributed by atoms with E-state index in [9.17, 15) is 15.0 Å². The Morgan fingerprint density at radius 3 is 1.54 bits per heavy atom. The maximum absolute atomic E-state index is 13.5. The zero-order valence-corrected chi connectivity index (χ0v) is 17.7. The summed E-state index contributed by atoms with van der Waals surface area (Å²) in [6.07, 6.45) is 8.57. The van der Waals surface area contributed by atoms with Crippen LogP contribution in [0.1, 0.15) is 38.5 Å². The van der Waals surface area contributed by atoms with Gasteiger partial charge in [-0.1, -0.05) is 0 Å². The van der Waals surface area contributed by atoms with Crippen LogP contribution in [0.4, 0.5) is 4.79 Å². The van der Waals surface area contributed by atoms with Gasteiger partial charge in [0, 0.05) is 13.1 Å². The lowest BCUT2D eigenvalue weighted by atomic mass is 9.95. The van der Waals surface area contributed by atoms with Gasteiger partial charge >= 0.3 is 6.03 Å². The summed E-state index contributed by atoms with van der Waals surface area (Å²) in [5, 5.41) is 22.0. The van der Waals surface area contributed by atoms with Crippen LogP contribution < -0.4 is 0 Å². The second kappa shape index (κ2) is 9.39. The van der Waals surface area contributed by atoms with Crippen molar-refractivity contribution >= 4 is 29.6 Å². The van der Waals surface area contributed by atoms with Gasteiger partial charge in [0.15, 0.2) is 0 Å². The highest BCUT2D eigenvalue weighted by Crippen LogP contribution is 2.37. The molecule has 26 heavy (non-hydrogen) atoms. The molecule has 0 bridgehead atoms. The lowest BCUT2D eigenvalue weighted by molar-refractivity contribution is -0.0412. The summed E-state index contributed by atoms with van der Waals surface area (Å²) >= 11 is 3.46. The molecular weight excluding hydrogens is 368 g/mol. The van der Waals surface area contributed by atoms with Crippen molar-refractivity contribution in [2.75, 3.05) is 37.1 Å². The third kappa shape index (κ3) is 5.03. The standard InChI is InChI=1S/C19H34N2O3S2/c1-25-9-7-15-17(22)18(23)16(8-10-26-2)21(12-14-5-6-14)19(24)20(15)11-13-3-4-13/h13-18,22-23H,3-12H2,1-2H3/t15-,16-,17+,18+/m1/s1. The molecule has 2 amide bonds. The number of aliphatic hydroxyl groups is 2. The normalized spacial score (nSPS) is 32.8. The van der Waals surface area contributed by atoms with Gasteiger partial charge in [0.05, 0.1) is 12.1 Å². The zero-order chi connectivity index (χ0) is 18.7. The summed E-state index contributed by atoms with van der Waals surface area (Å²) in [5.74, 6) is 2.93. The molecule has 0 radical (unpaired) electrons. The fourth-order valence-electron chi connectivity index (χ4n) is 3.99. The maximum Gasteiger partial charge on any atom is 0.320 e. The molecule has 0 unspecified atom stereocenters. The molecule has 2 N–H and O–H groups in total. The Bertz CT molecular complexity index is 434. The molecule has 7 heteroatoms. The predicted octanol–water partition coefficient (Wildman–Crippen LogP) is 2.51. The molecule has 2 aliphatic carbocycles. The number of thioether (sulfide) groups is 2. The van der Waals surface area contributed by atoms with E-state index in [1.165, 1.54) is 25.7 Å². The second-order valence-corrected chi connectivity index (χ2v) is 10.1. The van der Waals surface area contributed by atoms with E-state index in [2.05, 4.69) is 0 Å². The summed E-state index contributed by atoms with van der Waals surface area (Å²) in [4.78, 5) is 17.4. The topological polar surface area (TPSA) is 64.0 Å². The largest absolute Gasteiger partial charge is 0.388 e. The van der Waals surface area contributed by atoms with Crippen molar-refractivity contribution in [1.29, 1.82) is 0 Å². The van der Waals surface area contributed by atoms with Gasteiger partial charge in [-0.05, 0) is 74.4 Å². The van der Waals surface area contributed by atoms with Gasteiger partial charge in [-0.25, -0.2) is 4.79 Å². The number of aliphatic hydroxyl groups excluding tert-OH is 2. The van der Waals surface area contributed by atoms with Crippen molar-refractivity contribution in [3.63, 3.8) is 0 Å². The number of urea groups is 1. The molecule has 3 fully saturated rings. The zero-order valence-electron chi connectivity index (χ0n) is 16.0. The van der Waals surface area contributed by atoms with Crippen LogP contribution in [-0.4, -0.2) is 87.4 Å². The number of amides is 2. The highest BCUT2D eigenvalue weighted by atomic mass is 32.2. The van der Waals surface area contributed by atoms with Crippen molar-refractivity contribution in [3.05, 3.63) is 0 Å². The summed E-state index contributed by atoms with van der Waals surface area (Å²) in [5.41, 5.74) is 0. The van der Waals surface area contributed by atoms with Gasteiger partial charge < -0.3 is 20.0 Å². The molecule has 1 saturated heterocycles. The van der Waals surface area contributed by atoms with E-state index in [0.29, 0.717) is 11.8 Å². The molecule has 150 valence electrons. The van der Waals surface area contributed by atoms with Gasteiger partial charge in [0.25, 0.3) is 0 Å². The molecule has 1 heterocycles. The van der Waals surface area contributed by atoms with Gasteiger partial charge in [-0.15, -0.1) is 0 Å². The smallest absolute Gasteiger partial charge is 0.320 e. The molecule has 0 aromatic heterocycles. The van der Waals surface area contributed by atoms with E-state index >= 15 is 0 Å². The maximum atomic E-state index is 13.5. The number of carbonyl (C=O) groups is 1. The fraction of sp³-hybridized carbons (Fsp3) is 0.947. The highest BCUT2D eigenvalue weighted by molar-refractivity contribution is 7.98. The van der Waals surface area contributed by atoms with Crippen LogP contribution in [0.3, 0.4) is 0 Å². The molecule has 4 atom stereocenters. The lowest BCUT2D eigenvalue weighted by Gasteiger charge is -2.35. The Hall–Kier alpha value is -0.110. The van der Waals surface area contributed by atoms with Crippen LogP contribution in [0, 0.1) is 11.8 Å². The van der Waals surface area contributed by atoms with Gasteiger partial charge in [-0.2, -0.15) is 23.5 Å². The molecule has 5 nitrogen and oxygen atoms in total. The van der Waals surface area contributed by atoms with E-state index in [4.69, 9.17) is 0 Å². The van der Waals surface area contributed by atoms with Crippen LogP contribution in [-0.2, 0) is 0 Å². The first-order chi connectivity index (χ1) is 12.6. The van der Waals surface area contributed by atoms with Crippen LogP contribution in [0.5, 0.6) is 0 Å². The third-order valence-corrected chi connectivity index (χ3v) is 7.26. The molecule has 1 aliphatic heterocycles. The number of rotatable bonds is 10. The molecule has 0 spiro atoms. The minimum atomic E-state index is -0.860. The first kappa shape index (κ1) is 20.6. The van der Waals surface area contributed by atoms with Gasteiger partial charge in [0.1, 0.15) is 12.2 Å². The minimum absolute atomic E-state index is 0.0524. The van der Waals surface area contributed by atoms with E-state index in [0.717, 1.165) is 37.4 Å². The van der Waals surface area contributed by atoms with E-state index in [-0.39, 0.29) is 18.1 Å². The Balaban J connectivity index is 1.85. The number of carbonyl (C=O) groups excluding carboxylic acids is 1. The Morgan fingerprint density at radius 1 is 0.846 bits per heavy atom. The molecule has 0 aromatic carbocycles. The van der Waals surface area contributed by atoms with E-state index in [1.54, 1.807) is 23.5 Å². The third-order valence-electron chi connectivity index (χ3n) is 5.97. The number of hydrogen-bond donors (Lipinski definition) is 2. The Kier molecular flexibility index (Phi) is 7.45. The van der Waals surface area contributed by atoms with Crippen molar-refractivity contribution in [3.8, 4) is 0 Å². The summed E-state index contributed by atoms with van der Waals surface area (Å²) < 4.78 is 0. The lowest BCUT2D eigenvalue weighted by Crippen LogP contribution is -2.51. The van der Waals surface area contributed by atoms with Crippen LogP contribution in [0.2, 0.25) is 0 Å². The number of hydrogen-bond acceptors (Lipinski definition) is 5.